The van der Waals surface area contributed by atoms with Crippen LogP contribution in [0, 0.1) is 5.92 Å². The Hall–Kier alpha value is -2.20. The first-order chi connectivity index (χ1) is 14.5. The van der Waals surface area contributed by atoms with E-state index >= 15 is 0 Å². The van der Waals surface area contributed by atoms with E-state index in [2.05, 4.69) is 17.0 Å². The molecule has 1 N–H and O–H groups in total. The molecule has 0 bridgehead atoms. The Labute approximate surface area is 182 Å². The Bertz CT molecular complexity index is 971. The number of rotatable bonds is 4. The van der Waals surface area contributed by atoms with Crippen LogP contribution < -0.4 is 9.64 Å². The minimum atomic E-state index is -0.801. The van der Waals surface area contributed by atoms with Crippen LogP contribution in [-0.2, 0) is 23.1 Å². The van der Waals surface area contributed by atoms with Crippen LogP contribution in [0.3, 0.4) is 0 Å². The molecule has 0 aromatic heterocycles. The first kappa shape index (κ1) is 19.7. The lowest BCUT2D eigenvalue weighted by molar-refractivity contribution is -0.136. The van der Waals surface area contributed by atoms with Gasteiger partial charge in [0.1, 0.15) is 5.75 Å². The lowest BCUT2D eigenvalue weighted by Gasteiger charge is -2.42. The summed E-state index contributed by atoms with van der Waals surface area (Å²) in [6.45, 7) is 2.56. The highest BCUT2D eigenvalue weighted by Gasteiger charge is 2.42. The monoisotopic (exact) mass is 425 g/mol. The molecule has 2 aromatic carbocycles. The standard InChI is InChI=1S/C25H28ClNO3/c26-20-7-8-21-19(13-20)5-2-10-25(21)15-27(14-17-3-1-4-17)22-11-18(12-24(28)29)6-9-23(22)30-16-25/h6-9,11,13,17H,1-5,10,12,14-16H2,(H,28,29). The summed E-state index contributed by atoms with van der Waals surface area (Å²) in [5.41, 5.74) is 4.54. The molecule has 5 heteroatoms. The summed E-state index contributed by atoms with van der Waals surface area (Å²) in [6.07, 6.45) is 7.20. The fourth-order valence-corrected chi connectivity index (χ4v) is 5.63. The molecule has 1 fully saturated rings. The van der Waals surface area contributed by atoms with Gasteiger partial charge in [0.2, 0.25) is 0 Å². The van der Waals surface area contributed by atoms with Crippen LogP contribution in [0.5, 0.6) is 5.75 Å². The minimum absolute atomic E-state index is 0.0387. The van der Waals surface area contributed by atoms with E-state index in [9.17, 15) is 9.90 Å². The van der Waals surface area contributed by atoms with Gasteiger partial charge >= 0.3 is 5.97 Å². The van der Waals surface area contributed by atoms with Crippen molar-refractivity contribution < 1.29 is 14.6 Å². The van der Waals surface area contributed by atoms with Gasteiger partial charge in [0, 0.05) is 23.5 Å². The molecule has 0 radical (unpaired) electrons. The molecule has 2 aromatic rings. The average molecular weight is 426 g/mol. The Morgan fingerprint density at radius 3 is 2.83 bits per heavy atom. The number of aliphatic carboxylic acids is 1. The number of carboxylic acid groups (broad SMARTS) is 1. The van der Waals surface area contributed by atoms with Crippen molar-refractivity contribution in [3.8, 4) is 5.75 Å². The largest absolute Gasteiger partial charge is 0.490 e. The van der Waals surface area contributed by atoms with Crippen molar-refractivity contribution in [2.24, 2.45) is 5.92 Å². The number of benzene rings is 2. The third kappa shape index (κ3) is 3.66. The van der Waals surface area contributed by atoms with E-state index in [1.54, 1.807) is 0 Å². The second-order valence-corrected chi connectivity index (χ2v) is 9.71. The fraction of sp³-hybridized carbons (Fsp3) is 0.480. The van der Waals surface area contributed by atoms with Crippen molar-refractivity contribution in [3.63, 3.8) is 0 Å². The van der Waals surface area contributed by atoms with E-state index in [0.29, 0.717) is 12.5 Å². The normalized spacial score (nSPS) is 23.2. The number of hydrogen-bond acceptors (Lipinski definition) is 3. The molecule has 0 amide bonds. The topological polar surface area (TPSA) is 49.8 Å². The van der Waals surface area contributed by atoms with Crippen molar-refractivity contribution in [3.05, 3.63) is 58.1 Å². The number of carboxylic acids is 1. The van der Waals surface area contributed by atoms with Gasteiger partial charge in [-0.15, -0.1) is 0 Å². The summed E-state index contributed by atoms with van der Waals surface area (Å²) in [5, 5.41) is 10.1. The van der Waals surface area contributed by atoms with Gasteiger partial charge in [0.05, 0.1) is 18.7 Å². The number of carbonyl (C=O) groups is 1. The minimum Gasteiger partial charge on any atom is -0.490 e. The summed E-state index contributed by atoms with van der Waals surface area (Å²) in [5.74, 6) is 0.787. The second-order valence-electron chi connectivity index (χ2n) is 9.27. The smallest absolute Gasteiger partial charge is 0.307 e. The molecule has 1 saturated carbocycles. The van der Waals surface area contributed by atoms with E-state index in [1.165, 1.54) is 30.4 Å². The van der Waals surface area contributed by atoms with Gasteiger partial charge in [0.15, 0.2) is 0 Å². The Balaban J connectivity index is 1.55. The fourth-order valence-electron chi connectivity index (χ4n) is 5.43. The molecule has 2 aliphatic carbocycles. The Morgan fingerprint density at radius 2 is 2.07 bits per heavy atom. The van der Waals surface area contributed by atoms with Crippen molar-refractivity contribution in [1.29, 1.82) is 0 Å². The lowest BCUT2D eigenvalue weighted by Crippen LogP contribution is -2.47. The van der Waals surface area contributed by atoms with Crippen LogP contribution in [0.25, 0.3) is 0 Å². The summed E-state index contributed by atoms with van der Waals surface area (Å²) < 4.78 is 6.43. The third-order valence-corrected chi connectivity index (χ3v) is 7.40. The summed E-state index contributed by atoms with van der Waals surface area (Å²) in [4.78, 5) is 13.8. The molecule has 158 valence electrons. The highest BCUT2D eigenvalue weighted by Crippen LogP contribution is 2.45. The number of hydrogen-bond donors (Lipinski definition) is 1. The highest BCUT2D eigenvalue weighted by molar-refractivity contribution is 6.30. The Kier molecular flexibility index (Phi) is 5.14. The van der Waals surface area contributed by atoms with Gasteiger partial charge in [-0.05, 0) is 79.0 Å². The van der Waals surface area contributed by atoms with Crippen molar-refractivity contribution in [2.75, 3.05) is 24.6 Å². The van der Waals surface area contributed by atoms with Crippen molar-refractivity contribution in [2.45, 2.75) is 50.4 Å². The SMILES string of the molecule is O=C(O)Cc1ccc2c(c1)N(CC1CCC1)CC1(CCCc3cc(Cl)ccc31)CO2. The third-order valence-electron chi connectivity index (χ3n) is 7.16. The van der Waals surface area contributed by atoms with Gasteiger partial charge in [-0.2, -0.15) is 0 Å². The Morgan fingerprint density at radius 1 is 1.20 bits per heavy atom. The molecule has 1 atom stereocenters. The van der Waals surface area contributed by atoms with Gasteiger partial charge < -0.3 is 14.7 Å². The zero-order valence-corrected chi connectivity index (χ0v) is 18.0. The van der Waals surface area contributed by atoms with Crippen LogP contribution >= 0.6 is 11.6 Å². The molecule has 1 unspecified atom stereocenters. The summed E-state index contributed by atoms with van der Waals surface area (Å²) >= 11 is 6.30. The average Bonchev–Trinajstić information content (AvgIpc) is 2.82. The van der Waals surface area contributed by atoms with E-state index in [1.807, 2.05) is 24.3 Å². The maximum Gasteiger partial charge on any atom is 0.307 e. The van der Waals surface area contributed by atoms with E-state index in [0.717, 1.165) is 54.4 Å². The quantitative estimate of drug-likeness (QED) is 0.727. The van der Waals surface area contributed by atoms with Gasteiger partial charge in [-0.1, -0.05) is 30.2 Å². The number of nitrogens with zero attached hydrogens (tertiary/aromatic N) is 1. The molecule has 0 saturated heterocycles. The van der Waals surface area contributed by atoms with Crippen LogP contribution in [0.2, 0.25) is 5.02 Å². The molecule has 3 aliphatic rings. The van der Waals surface area contributed by atoms with Crippen LogP contribution in [0.1, 0.15) is 48.8 Å². The van der Waals surface area contributed by atoms with Gasteiger partial charge in [-0.25, -0.2) is 0 Å². The van der Waals surface area contributed by atoms with Crippen molar-refractivity contribution in [1.82, 2.24) is 0 Å². The highest BCUT2D eigenvalue weighted by atomic mass is 35.5. The van der Waals surface area contributed by atoms with Crippen LogP contribution in [-0.4, -0.2) is 30.8 Å². The molecular formula is C25H28ClNO3. The predicted octanol–water partition coefficient (Wildman–Crippen LogP) is 5.24. The number of ether oxygens (including phenoxy) is 1. The lowest BCUT2D eigenvalue weighted by atomic mass is 9.70. The van der Waals surface area contributed by atoms with Gasteiger partial charge in [0.25, 0.3) is 0 Å². The predicted molar refractivity (Wildman–Crippen MR) is 119 cm³/mol. The number of aryl methyl sites for hydroxylation is 1. The number of anilines is 1. The van der Waals surface area contributed by atoms with Gasteiger partial charge in [-0.3, -0.25) is 4.79 Å². The molecule has 5 rings (SSSR count). The van der Waals surface area contributed by atoms with E-state index in [4.69, 9.17) is 16.3 Å². The maximum absolute atomic E-state index is 11.3. The zero-order chi connectivity index (χ0) is 20.7. The number of fused-ring (bicyclic) bond motifs is 3. The molecule has 4 nitrogen and oxygen atoms in total. The van der Waals surface area contributed by atoms with Crippen LogP contribution in [0.15, 0.2) is 36.4 Å². The molecular weight excluding hydrogens is 398 g/mol. The summed E-state index contributed by atoms with van der Waals surface area (Å²) in [7, 11) is 0. The molecule has 1 spiro atoms. The number of halogens is 1. The zero-order valence-electron chi connectivity index (χ0n) is 17.2. The molecule has 30 heavy (non-hydrogen) atoms. The second kappa shape index (κ2) is 7.81. The molecule has 1 aliphatic heterocycles. The summed E-state index contributed by atoms with van der Waals surface area (Å²) in [6, 6.07) is 12.2. The van der Waals surface area contributed by atoms with Crippen molar-refractivity contribution >= 4 is 23.3 Å². The first-order valence-corrected chi connectivity index (χ1v) is 11.4. The molecule has 1 heterocycles. The maximum atomic E-state index is 11.3. The van der Waals surface area contributed by atoms with E-state index in [-0.39, 0.29) is 11.8 Å². The van der Waals surface area contributed by atoms with E-state index < -0.39 is 5.97 Å². The first-order valence-electron chi connectivity index (χ1n) is 11.0. The van der Waals surface area contributed by atoms with Crippen LogP contribution in [0.4, 0.5) is 5.69 Å².